The van der Waals surface area contributed by atoms with Crippen LogP contribution in [-0.2, 0) is 4.79 Å². The van der Waals surface area contributed by atoms with E-state index in [1.54, 1.807) is 6.92 Å². The average molecular weight is 386 g/mol. The Morgan fingerprint density at radius 3 is 2.65 bits per heavy atom. The fourth-order valence-electron chi connectivity index (χ4n) is 2.43. The van der Waals surface area contributed by atoms with Gasteiger partial charge in [-0.3, -0.25) is 10.1 Å². The Morgan fingerprint density at radius 1 is 1.15 bits per heavy atom. The summed E-state index contributed by atoms with van der Waals surface area (Å²) in [6.07, 6.45) is 0. The van der Waals surface area contributed by atoms with Crippen molar-refractivity contribution in [3.63, 3.8) is 0 Å². The van der Waals surface area contributed by atoms with E-state index in [1.165, 1.54) is 23.1 Å². The molecule has 0 saturated heterocycles. The number of carbonyl (C=O) groups excluding carboxylic acids is 2. The van der Waals surface area contributed by atoms with Crippen molar-refractivity contribution in [3.05, 3.63) is 53.6 Å². The second-order valence-corrected chi connectivity index (χ2v) is 8.59. The molecule has 0 aliphatic rings. The number of hydrogen-bond donors (Lipinski definition) is 2. The molecular formula is C19H19N3O2S2. The first kappa shape index (κ1) is 18.4. The highest BCUT2D eigenvalue weighted by Gasteiger charge is 2.19. The lowest BCUT2D eigenvalue weighted by atomic mass is 10.1. The number of rotatable bonds is 4. The van der Waals surface area contributed by atoms with Gasteiger partial charge in [0, 0.05) is 5.69 Å². The zero-order valence-corrected chi connectivity index (χ0v) is 16.3. The van der Waals surface area contributed by atoms with Gasteiger partial charge < -0.3 is 5.32 Å². The van der Waals surface area contributed by atoms with Gasteiger partial charge in [-0.25, -0.2) is 9.78 Å². The molecule has 1 aromatic heterocycles. The minimum Gasteiger partial charge on any atom is -0.307 e. The highest BCUT2D eigenvalue weighted by Crippen LogP contribution is 2.31. The number of fused-ring (bicyclic) bond motifs is 1. The molecule has 5 nitrogen and oxygen atoms in total. The lowest BCUT2D eigenvalue weighted by molar-refractivity contribution is -0.119. The molecule has 3 aromatic rings. The van der Waals surface area contributed by atoms with Gasteiger partial charge in [0.15, 0.2) is 4.34 Å². The molecule has 1 unspecified atom stereocenters. The number of nitrogens with one attached hydrogen (secondary N) is 2. The summed E-state index contributed by atoms with van der Waals surface area (Å²) >= 11 is 2.89. The number of anilines is 1. The number of amides is 3. The standard InChI is InChI=1S/C19H19N3O2S2/c1-11-8-9-14(12(2)10-11)20-18(24)22-17(23)13(3)25-19-21-15-6-4-5-7-16(15)26-19/h4-10,13H,1-3H3,(H2,20,22,23,24). The second kappa shape index (κ2) is 7.88. The quantitative estimate of drug-likeness (QED) is 0.636. The summed E-state index contributed by atoms with van der Waals surface area (Å²) in [6, 6.07) is 13.0. The van der Waals surface area contributed by atoms with Gasteiger partial charge >= 0.3 is 6.03 Å². The van der Waals surface area contributed by atoms with E-state index in [9.17, 15) is 9.59 Å². The number of aromatic nitrogens is 1. The maximum Gasteiger partial charge on any atom is 0.325 e. The normalized spacial score (nSPS) is 12.0. The van der Waals surface area contributed by atoms with Crippen molar-refractivity contribution in [2.75, 3.05) is 5.32 Å². The second-order valence-electron chi connectivity index (χ2n) is 5.97. The minimum atomic E-state index is -0.529. The molecule has 26 heavy (non-hydrogen) atoms. The van der Waals surface area contributed by atoms with E-state index in [0.29, 0.717) is 5.69 Å². The molecule has 7 heteroatoms. The number of urea groups is 1. The van der Waals surface area contributed by atoms with Crippen LogP contribution in [0.1, 0.15) is 18.1 Å². The Labute approximate surface area is 160 Å². The van der Waals surface area contributed by atoms with E-state index in [4.69, 9.17) is 0 Å². The molecule has 0 fully saturated rings. The molecule has 0 spiro atoms. The number of benzene rings is 2. The van der Waals surface area contributed by atoms with Gasteiger partial charge in [-0.1, -0.05) is 41.6 Å². The molecule has 0 bridgehead atoms. The summed E-state index contributed by atoms with van der Waals surface area (Å²) in [5.41, 5.74) is 3.67. The van der Waals surface area contributed by atoms with Crippen LogP contribution in [0, 0.1) is 13.8 Å². The molecule has 2 aromatic carbocycles. The molecule has 0 aliphatic heterocycles. The first-order chi connectivity index (χ1) is 12.4. The summed E-state index contributed by atoms with van der Waals surface area (Å²) in [4.78, 5) is 28.9. The maximum absolute atomic E-state index is 12.3. The van der Waals surface area contributed by atoms with Crippen LogP contribution in [0.15, 0.2) is 46.8 Å². The highest BCUT2D eigenvalue weighted by molar-refractivity contribution is 8.02. The SMILES string of the molecule is Cc1ccc(NC(=O)NC(=O)C(C)Sc2nc3ccccc3s2)c(C)c1. The van der Waals surface area contributed by atoms with Crippen LogP contribution in [0.5, 0.6) is 0 Å². The van der Waals surface area contributed by atoms with Gasteiger partial charge in [-0.15, -0.1) is 11.3 Å². The first-order valence-corrected chi connectivity index (χ1v) is 9.83. The lowest BCUT2D eigenvalue weighted by Crippen LogP contribution is -2.39. The van der Waals surface area contributed by atoms with Gasteiger partial charge in [-0.05, 0) is 44.5 Å². The third kappa shape index (κ3) is 4.42. The van der Waals surface area contributed by atoms with Crippen LogP contribution in [0.2, 0.25) is 0 Å². The number of aryl methyl sites for hydroxylation is 2. The average Bonchev–Trinajstić information content (AvgIpc) is 2.99. The van der Waals surface area contributed by atoms with Crippen molar-refractivity contribution in [1.29, 1.82) is 0 Å². The Hall–Kier alpha value is -2.38. The number of nitrogens with zero attached hydrogens (tertiary/aromatic N) is 1. The fourth-order valence-corrected chi connectivity index (χ4v) is 4.64. The van der Waals surface area contributed by atoms with E-state index in [1.807, 2.05) is 56.3 Å². The molecule has 1 atom stereocenters. The van der Waals surface area contributed by atoms with Crippen LogP contribution in [0.4, 0.5) is 10.5 Å². The Morgan fingerprint density at radius 2 is 1.92 bits per heavy atom. The van der Waals surface area contributed by atoms with Crippen molar-refractivity contribution >= 4 is 50.9 Å². The number of para-hydroxylation sites is 1. The van der Waals surface area contributed by atoms with E-state index in [2.05, 4.69) is 15.6 Å². The molecule has 1 heterocycles. The molecule has 134 valence electrons. The Bertz CT molecular complexity index is 935. The monoisotopic (exact) mass is 385 g/mol. The molecule has 3 amide bonds. The summed E-state index contributed by atoms with van der Waals surface area (Å²) in [6.45, 7) is 5.66. The van der Waals surface area contributed by atoms with Crippen LogP contribution < -0.4 is 10.6 Å². The molecule has 0 radical (unpaired) electrons. The zero-order valence-electron chi connectivity index (χ0n) is 14.7. The van der Waals surface area contributed by atoms with Crippen LogP contribution in [-0.4, -0.2) is 22.2 Å². The van der Waals surface area contributed by atoms with Gasteiger partial charge in [-0.2, -0.15) is 0 Å². The number of thioether (sulfide) groups is 1. The van der Waals surface area contributed by atoms with Crippen molar-refractivity contribution in [3.8, 4) is 0 Å². The van der Waals surface area contributed by atoms with E-state index >= 15 is 0 Å². The van der Waals surface area contributed by atoms with Gasteiger partial charge in [0.1, 0.15) is 0 Å². The molecule has 0 aliphatic carbocycles. The van der Waals surface area contributed by atoms with Crippen molar-refractivity contribution in [1.82, 2.24) is 10.3 Å². The van der Waals surface area contributed by atoms with Crippen LogP contribution in [0.25, 0.3) is 10.2 Å². The van der Waals surface area contributed by atoms with Crippen LogP contribution >= 0.6 is 23.1 Å². The summed E-state index contributed by atoms with van der Waals surface area (Å²) in [7, 11) is 0. The highest BCUT2D eigenvalue weighted by atomic mass is 32.2. The molecule has 0 saturated carbocycles. The van der Waals surface area contributed by atoms with E-state index < -0.39 is 11.3 Å². The van der Waals surface area contributed by atoms with E-state index in [0.717, 1.165) is 25.7 Å². The van der Waals surface area contributed by atoms with Gasteiger partial charge in [0.05, 0.1) is 15.5 Å². The Balaban J connectivity index is 1.58. The van der Waals surface area contributed by atoms with E-state index in [-0.39, 0.29) is 5.91 Å². The predicted molar refractivity (Wildman–Crippen MR) is 108 cm³/mol. The Kier molecular flexibility index (Phi) is 5.58. The number of hydrogen-bond acceptors (Lipinski definition) is 5. The third-order valence-electron chi connectivity index (χ3n) is 3.79. The minimum absolute atomic E-state index is 0.350. The largest absolute Gasteiger partial charge is 0.325 e. The predicted octanol–water partition coefficient (Wildman–Crippen LogP) is 4.74. The number of carbonyl (C=O) groups is 2. The summed E-state index contributed by atoms with van der Waals surface area (Å²) in [5, 5.41) is 4.68. The molecule has 3 rings (SSSR count). The van der Waals surface area contributed by atoms with Crippen LogP contribution in [0.3, 0.4) is 0 Å². The molecule has 2 N–H and O–H groups in total. The fraction of sp³-hybridized carbons (Fsp3) is 0.211. The summed E-state index contributed by atoms with van der Waals surface area (Å²) < 4.78 is 1.89. The lowest BCUT2D eigenvalue weighted by Gasteiger charge is -2.12. The molecular weight excluding hydrogens is 366 g/mol. The zero-order chi connectivity index (χ0) is 18.7. The smallest absolute Gasteiger partial charge is 0.307 e. The number of thiazole rings is 1. The van der Waals surface area contributed by atoms with Gasteiger partial charge in [0.2, 0.25) is 5.91 Å². The maximum atomic E-state index is 12.3. The first-order valence-electron chi connectivity index (χ1n) is 8.13. The van der Waals surface area contributed by atoms with Gasteiger partial charge in [0.25, 0.3) is 0 Å². The summed E-state index contributed by atoms with van der Waals surface area (Å²) in [5.74, 6) is -0.350. The third-order valence-corrected chi connectivity index (χ3v) is 6.02. The van der Waals surface area contributed by atoms with Crippen molar-refractivity contribution < 1.29 is 9.59 Å². The van der Waals surface area contributed by atoms with Crippen molar-refractivity contribution in [2.45, 2.75) is 30.4 Å². The van der Waals surface area contributed by atoms with Crippen molar-refractivity contribution in [2.24, 2.45) is 0 Å². The topological polar surface area (TPSA) is 71.1 Å². The number of imide groups is 1.